The molecule has 1 aromatic carbocycles. The molecule has 0 aliphatic carbocycles. The van der Waals surface area contributed by atoms with E-state index in [0.717, 1.165) is 19.2 Å². The number of nitrogens with zero attached hydrogens (tertiary/aromatic N) is 2. The molecule has 9 heteroatoms. The molecule has 0 fully saturated rings. The Hall–Kier alpha value is -1.79. The topological polar surface area (TPSA) is 87.2 Å². The Morgan fingerprint density at radius 1 is 1.42 bits per heavy atom. The summed E-state index contributed by atoms with van der Waals surface area (Å²) in [6, 6.07) is 4.90. The Labute approximate surface area is 108 Å². The number of halogens is 3. The lowest BCUT2D eigenvalue weighted by Gasteiger charge is -2.19. The van der Waals surface area contributed by atoms with E-state index in [9.17, 15) is 21.6 Å². The zero-order valence-corrected chi connectivity index (χ0v) is 10.6. The second-order valence-corrected chi connectivity index (χ2v) is 5.76. The van der Waals surface area contributed by atoms with Crippen molar-refractivity contribution in [2.75, 3.05) is 19.3 Å². The van der Waals surface area contributed by atoms with Gasteiger partial charge in [0.15, 0.2) is 0 Å². The fourth-order valence-electron chi connectivity index (χ4n) is 1.37. The Balaban J connectivity index is 3.25. The van der Waals surface area contributed by atoms with Gasteiger partial charge in [-0.1, -0.05) is 0 Å². The number of nitrogen functional groups attached to an aromatic ring is 1. The fourth-order valence-corrected chi connectivity index (χ4v) is 2.64. The first kappa shape index (κ1) is 15.3. The standard InChI is InChI=1S/C10H10F3N3O2S/c1-16(6-10(11,12)13)19(17,18)9-3-2-8(15)4-7(9)5-14/h2-4H,6,15H2,1H3. The van der Waals surface area contributed by atoms with E-state index in [2.05, 4.69) is 0 Å². The molecule has 0 saturated carbocycles. The van der Waals surface area contributed by atoms with Crippen LogP contribution in [0.25, 0.3) is 0 Å². The monoisotopic (exact) mass is 293 g/mol. The third-order valence-corrected chi connectivity index (χ3v) is 4.08. The van der Waals surface area contributed by atoms with Crippen LogP contribution in [0.3, 0.4) is 0 Å². The van der Waals surface area contributed by atoms with Gasteiger partial charge >= 0.3 is 6.18 Å². The van der Waals surface area contributed by atoms with Crippen LogP contribution in [0.2, 0.25) is 0 Å². The minimum Gasteiger partial charge on any atom is -0.399 e. The minimum atomic E-state index is -4.66. The zero-order chi connectivity index (χ0) is 14.8. The molecule has 0 radical (unpaired) electrons. The first-order chi connectivity index (χ1) is 8.58. The van der Waals surface area contributed by atoms with Crippen LogP contribution in [0.4, 0.5) is 18.9 Å². The summed E-state index contributed by atoms with van der Waals surface area (Å²) < 4.78 is 60.6. The maximum Gasteiger partial charge on any atom is 0.402 e. The van der Waals surface area contributed by atoms with Gasteiger partial charge in [-0.2, -0.15) is 22.7 Å². The first-order valence-electron chi connectivity index (χ1n) is 4.90. The SMILES string of the molecule is CN(CC(F)(F)F)S(=O)(=O)c1ccc(N)cc1C#N. The van der Waals surface area contributed by atoms with Crippen molar-refractivity contribution in [2.24, 2.45) is 0 Å². The van der Waals surface area contributed by atoms with E-state index in [1.54, 1.807) is 6.07 Å². The van der Waals surface area contributed by atoms with Gasteiger partial charge in [0.05, 0.1) is 5.56 Å². The highest BCUT2D eigenvalue weighted by molar-refractivity contribution is 7.89. The summed E-state index contributed by atoms with van der Waals surface area (Å²) in [5.74, 6) is 0. The van der Waals surface area contributed by atoms with Gasteiger partial charge in [-0.25, -0.2) is 8.42 Å². The van der Waals surface area contributed by atoms with Gasteiger partial charge in [0.25, 0.3) is 0 Å². The van der Waals surface area contributed by atoms with Crippen LogP contribution in [-0.4, -0.2) is 32.5 Å². The number of alkyl halides is 3. The summed E-state index contributed by atoms with van der Waals surface area (Å²) in [5, 5.41) is 8.81. The molecule has 0 unspecified atom stereocenters. The molecular weight excluding hydrogens is 283 g/mol. The van der Waals surface area contributed by atoms with E-state index in [0.29, 0.717) is 0 Å². The van der Waals surface area contributed by atoms with E-state index >= 15 is 0 Å². The third-order valence-electron chi connectivity index (χ3n) is 2.21. The van der Waals surface area contributed by atoms with Gasteiger partial charge in [0.1, 0.15) is 17.5 Å². The maximum absolute atomic E-state index is 12.2. The van der Waals surface area contributed by atoms with Crippen molar-refractivity contribution in [3.8, 4) is 6.07 Å². The molecule has 5 nitrogen and oxygen atoms in total. The van der Waals surface area contributed by atoms with Crippen LogP contribution in [0.15, 0.2) is 23.1 Å². The minimum absolute atomic E-state index is 0.138. The van der Waals surface area contributed by atoms with Crippen molar-refractivity contribution in [1.29, 1.82) is 5.26 Å². The van der Waals surface area contributed by atoms with Gasteiger partial charge in [-0.15, -0.1) is 0 Å². The number of sulfonamides is 1. The average Bonchev–Trinajstić information content (AvgIpc) is 2.26. The van der Waals surface area contributed by atoms with Crippen LogP contribution in [0.5, 0.6) is 0 Å². The number of anilines is 1. The number of rotatable bonds is 3. The van der Waals surface area contributed by atoms with E-state index in [1.165, 1.54) is 6.07 Å². The number of hydrogen-bond acceptors (Lipinski definition) is 4. The van der Waals surface area contributed by atoms with Gasteiger partial charge in [-0.05, 0) is 18.2 Å². The number of benzene rings is 1. The normalized spacial score (nSPS) is 12.4. The summed E-state index contributed by atoms with van der Waals surface area (Å²) in [6.07, 6.45) is -4.66. The lowest BCUT2D eigenvalue weighted by Crippen LogP contribution is -2.36. The van der Waals surface area contributed by atoms with Crippen LogP contribution >= 0.6 is 0 Å². The van der Waals surface area contributed by atoms with Gasteiger partial charge < -0.3 is 5.73 Å². The van der Waals surface area contributed by atoms with Gasteiger partial charge in [-0.3, -0.25) is 0 Å². The zero-order valence-electron chi connectivity index (χ0n) is 9.77. The highest BCUT2D eigenvalue weighted by atomic mass is 32.2. The predicted octanol–water partition coefficient (Wildman–Crippen LogP) is 1.32. The van der Waals surface area contributed by atoms with Crippen molar-refractivity contribution in [3.05, 3.63) is 23.8 Å². The van der Waals surface area contributed by atoms with E-state index < -0.39 is 27.6 Å². The second-order valence-electron chi connectivity index (χ2n) is 3.74. The van der Waals surface area contributed by atoms with Crippen molar-refractivity contribution in [1.82, 2.24) is 4.31 Å². The molecule has 0 aliphatic heterocycles. The summed E-state index contributed by atoms with van der Waals surface area (Å²) in [7, 11) is -3.60. The van der Waals surface area contributed by atoms with Gasteiger partial charge in [0, 0.05) is 12.7 Å². The highest BCUT2D eigenvalue weighted by Gasteiger charge is 2.35. The first-order valence-corrected chi connectivity index (χ1v) is 6.34. The van der Waals surface area contributed by atoms with Crippen molar-refractivity contribution in [3.63, 3.8) is 0 Å². The number of nitriles is 1. The Kier molecular flexibility index (Phi) is 4.07. The average molecular weight is 293 g/mol. The lowest BCUT2D eigenvalue weighted by molar-refractivity contribution is -0.134. The van der Waals surface area contributed by atoms with Crippen molar-refractivity contribution in [2.45, 2.75) is 11.1 Å². The molecule has 0 atom stereocenters. The quantitative estimate of drug-likeness (QED) is 0.851. The van der Waals surface area contributed by atoms with Crippen LogP contribution in [0, 0.1) is 11.3 Å². The summed E-state index contributed by atoms with van der Waals surface area (Å²) in [4.78, 5) is -0.504. The molecule has 1 rings (SSSR count). The molecule has 0 saturated heterocycles. The van der Waals surface area contributed by atoms with E-state index in [-0.39, 0.29) is 15.6 Å². The smallest absolute Gasteiger partial charge is 0.399 e. The lowest BCUT2D eigenvalue weighted by atomic mass is 10.2. The highest BCUT2D eigenvalue weighted by Crippen LogP contribution is 2.24. The van der Waals surface area contributed by atoms with E-state index in [4.69, 9.17) is 11.0 Å². The second kappa shape index (κ2) is 5.07. The predicted molar refractivity (Wildman–Crippen MR) is 61.4 cm³/mol. The van der Waals surface area contributed by atoms with Crippen LogP contribution in [-0.2, 0) is 10.0 Å². The Bertz CT molecular complexity index is 620. The molecule has 1 aromatic rings. The molecular formula is C10H10F3N3O2S. The Morgan fingerprint density at radius 3 is 2.47 bits per heavy atom. The summed E-state index contributed by atoms with van der Waals surface area (Å²) >= 11 is 0. The molecule has 0 spiro atoms. The van der Waals surface area contributed by atoms with Gasteiger partial charge in [0.2, 0.25) is 10.0 Å². The van der Waals surface area contributed by atoms with Crippen molar-refractivity contribution >= 4 is 15.7 Å². The molecule has 104 valence electrons. The van der Waals surface area contributed by atoms with Crippen LogP contribution < -0.4 is 5.73 Å². The molecule has 0 aliphatic rings. The maximum atomic E-state index is 12.2. The number of hydrogen-bond donors (Lipinski definition) is 1. The molecule has 19 heavy (non-hydrogen) atoms. The molecule has 0 aromatic heterocycles. The molecule has 0 amide bonds. The third kappa shape index (κ3) is 3.59. The largest absolute Gasteiger partial charge is 0.402 e. The summed E-state index contributed by atoms with van der Waals surface area (Å²) in [6.45, 7) is -1.63. The van der Waals surface area contributed by atoms with Crippen molar-refractivity contribution < 1.29 is 21.6 Å². The van der Waals surface area contributed by atoms with E-state index in [1.807, 2.05) is 0 Å². The molecule has 2 N–H and O–H groups in total. The summed E-state index contributed by atoms with van der Waals surface area (Å²) in [5.41, 5.74) is 5.23. The number of nitrogens with two attached hydrogens (primary N) is 1. The molecule has 0 bridgehead atoms. The van der Waals surface area contributed by atoms with Crippen LogP contribution in [0.1, 0.15) is 5.56 Å². The fraction of sp³-hybridized carbons (Fsp3) is 0.300. The molecule has 0 heterocycles. The Morgan fingerprint density at radius 2 is 2.00 bits per heavy atom.